The number of amides is 1. The van der Waals surface area contributed by atoms with Gasteiger partial charge in [0, 0.05) is 26.2 Å². The Bertz CT molecular complexity index is 688. The fraction of sp³-hybridized carbons (Fsp3) is 0.588. The lowest BCUT2D eigenvalue weighted by molar-refractivity contribution is -0.130. The van der Waals surface area contributed by atoms with Crippen LogP contribution in [-0.2, 0) is 21.2 Å². The first-order valence-electron chi connectivity index (χ1n) is 8.26. The molecule has 0 aliphatic carbocycles. The molecule has 2 rings (SSSR count). The predicted molar refractivity (Wildman–Crippen MR) is 93.7 cm³/mol. The summed E-state index contributed by atoms with van der Waals surface area (Å²) in [7, 11) is -1.56. The molecule has 0 atom stereocenters. The van der Waals surface area contributed by atoms with Crippen LogP contribution >= 0.6 is 0 Å². The van der Waals surface area contributed by atoms with E-state index < -0.39 is 10.0 Å². The van der Waals surface area contributed by atoms with E-state index in [1.807, 2.05) is 25.1 Å². The number of sulfonamides is 1. The molecule has 1 fully saturated rings. The Hall–Kier alpha value is -1.60. The maximum Gasteiger partial charge on any atom is 0.227 e. The smallest absolute Gasteiger partial charge is 0.227 e. The minimum atomic E-state index is -3.18. The number of ether oxygens (including phenoxy) is 1. The Morgan fingerprint density at radius 2 is 1.96 bits per heavy atom. The van der Waals surface area contributed by atoms with E-state index in [-0.39, 0.29) is 11.7 Å². The quantitative estimate of drug-likeness (QED) is 0.802. The maximum absolute atomic E-state index is 12.5. The van der Waals surface area contributed by atoms with Crippen molar-refractivity contribution in [2.24, 2.45) is 0 Å². The molecule has 0 bridgehead atoms. The van der Waals surface area contributed by atoms with Crippen LogP contribution in [0.15, 0.2) is 18.2 Å². The van der Waals surface area contributed by atoms with E-state index in [9.17, 15) is 13.2 Å². The zero-order valence-electron chi connectivity index (χ0n) is 14.6. The summed E-state index contributed by atoms with van der Waals surface area (Å²) >= 11 is 0. The summed E-state index contributed by atoms with van der Waals surface area (Å²) in [5.74, 6) is 0.947. The van der Waals surface area contributed by atoms with Gasteiger partial charge in [0.25, 0.3) is 0 Å². The third-order valence-electron chi connectivity index (χ3n) is 4.38. The molecule has 0 aromatic heterocycles. The third-order valence-corrected chi connectivity index (χ3v) is 6.26. The molecule has 1 aromatic carbocycles. The summed E-state index contributed by atoms with van der Waals surface area (Å²) in [6.45, 7) is 5.52. The molecule has 0 spiro atoms. The van der Waals surface area contributed by atoms with Gasteiger partial charge in [-0.15, -0.1) is 0 Å². The molecule has 1 amide bonds. The zero-order chi connectivity index (χ0) is 17.7. The number of aryl methyl sites for hydroxylation is 1. The molecule has 7 heteroatoms. The first-order chi connectivity index (χ1) is 11.4. The SMILES string of the molecule is CCS(=O)(=O)N1CCCN(C(=O)Cc2ccc(OC)c(C)c2)CC1. The molecule has 0 radical (unpaired) electrons. The van der Waals surface area contributed by atoms with Gasteiger partial charge in [0.2, 0.25) is 15.9 Å². The summed E-state index contributed by atoms with van der Waals surface area (Å²) in [5.41, 5.74) is 1.94. The molecule has 0 N–H and O–H groups in total. The van der Waals surface area contributed by atoms with E-state index in [4.69, 9.17) is 4.74 Å². The molecule has 0 unspecified atom stereocenters. The standard InChI is InChI=1S/C17H26N2O4S/c1-4-24(21,22)19-9-5-8-18(10-11-19)17(20)13-15-6-7-16(23-3)14(2)12-15/h6-7,12H,4-5,8-11,13H2,1-3H3. The van der Waals surface area contributed by atoms with E-state index in [0.717, 1.165) is 16.9 Å². The average molecular weight is 354 g/mol. The topological polar surface area (TPSA) is 66.9 Å². The van der Waals surface area contributed by atoms with Gasteiger partial charge in [-0.3, -0.25) is 4.79 Å². The fourth-order valence-corrected chi connectivity index (χ4v) is 4.07. The van der Waals surface area contributed by atoms with Crippen LogP contribution in [0.25, 0.3) is 0 Å². The summed E-state index contributed by atoms with van der Waals surface area (Å²) in [6, 6.07) is 5.73. The van der Waals surface area contributed by atoms with Crippen LogP contribution in [0.5, 0.6) is 5.75 Å². The van der Waals surface area contributed by atoms with Crippen molar-refractivity contribution < 1.29 is 17.9 Å². The first kappa shape index (κ1) is 18.7. The minimum Gasteiger partial charge on any atom is -0.496 e. The van der Waals surface area contributed by atoms with Gasteiger partial charge in [0.05, 0.1) is 19.3 Å². The van der Waals surface area contributed by atoms with Crippen molar-refractivity contribution in [2.45, 2.75) is 26.7 Å². The van der Waals surface area contributed by atoms with Crippen LogP contribution in [0.1, 0.15) is 24.5 Å². The van der Waals surface area contributed by atoms with Crippen LogP contribution in [-0.4, -0.2) is 62.6 Å². The van der Waals surface area contributed by atoms with Crippen molar-refractivity contribution in [3.8, 4) is 5.75 Å². The van der Waals surface area contributed by atoms with Crippen molar-refractivity contribution in [1.82, 2.24) is 9.21 Å². The molecule has 1 heterocycles. The van der Waals surface area contributed by atoms with Gasteiger partial charge >= 0.3 is 0 Å². The number of rotatable bonds is 5. The zero-order valence-corrected chi connectivity index (χ0v) is 15.4. The van der Waals surface area contributed by atoms with Crippen LogP contribution in [0.4, 0.5) is 0 Å². The highest BCUT2D eigenvalue weighted by molar-refractivity contribution is 7.89. The average Bonchev–Trinajstić information content (AvgIpc) is 2.81. The van der Waals surface area contributed by atoms with Crippen molar-refractivity contribution in [1.29, 1.82) is 0 Å². The Morgan fingerprint density at radius 1 is 1.21 bits per heavy atom. The lowest BCUT2D eigenvalue weighted by atomic mass is 10.1. The van der Waals surface area contributed by atoms with Crippen molar-refractivity contribution in [3.05, 3.63) is 29.3 Å². The van der Waals surface area contributed by atoms with Crippen molar-refractivity contribution >= 4 is 15.9 Å². The number of benzene rings is 1. The van der Waals surface area contributed by atoms with E-state index in [1.165, 1.54) is 4.31 Å². The molecular weight excluding hydrogens is 328 g/mol. The highest BCUT2D eigenvalue weighted by atomic mass is 32.2. The Morgan fingerprint density at radius 3 is 2.58 bits per heavy atom. The van der Waals surface area contributed by atoms with Crippen LogP contribution in [0, 0.1) is 6.92 Å². The van der Waals surface area contributed by atoms with Gasteiger partial charge in [0.15, 0.2) is 0 Å². The fourth-order valence-electron chi connectivity index (χ4n) is 2.94. The van der Waals surface area contributed by atoms with Gasteiger partial charge < -0.3 is 9.64 Å². The Balaban J connectivity index is 1.99. The van der Waals surface area contributed by atoms with Crippen molar-refractivity contribution in [3.63, 3.8) is 0 Å². The number of carbonyl (C=O) groups is 1. The number of methoxy groups -OCH3 is 1. The molecule has 24 heavy (non-hydrogen) atoms. The Labute approximate surface area is 144 Å². The second-order valence-electron chi connectivity index (χ2n) is 6.01. The molecule has 1 aliphatic heterocycles. The lowest BCUT2D eigenvalue weighted by Gasteiger charge is -2.21. The summed E-state index contributed by atoms with van der Waals surface area (Å²) in [5, 5.41) is 0. The summed E-state index contributed by atoms with van der Waals surface area (Å²) < 4.78 is 30.7. The first-order valence-corrected chi connectivity index (χ1v) is 9.87. The van der Waals surface area contributed by atoms with Gasteiger partial charge in [-0.2, -0.15) is 0 Å². The van der Waals surface area contributed by atoms with E-state index in [1.54, 1.807) is 18.9 Å². The number of hydrogen-bond donors (Lipinski definition) is 0. The lowest BCUT2D eigenvalue weighted by Crippen LogP contribution is -2.38. The van der Waals surface area contributed by atoms with Gasteiger partial charge in [0.1, 0.15) is 5.75 Å². The Kier molecular flexibility index (Phi) is 6.23. The second kappa shape index (κ2) is 7.98. The molecule has 1 saturated heterocycles. The van der Waals surface area contributed by atoms with Crippen LogP contribution in [0.3, 0.4) is 0 Å². The van der Waals surface area contributed by atoms with Crippen LogP contribution < -0.4 is 4.74 Å². The number of hydrogen-bond acceptors (Lipinski definition) is 4. The molecule has 6 nitrogen and oxygen atoms in total. The normalized spacial score (nSPS) is 16.7. The maximum atomic E-state index is 12.5. The molecule has 134 valence electrons. The third kappa shape index (κ3) is 4.48. The van der Waals surface area contributed by atoms with Gasteiger partial charge in [-0.05, 0) is 37.5 Å². The summed E-state index contributed by atoms with van der Waals surface area (Å²) in [4.78, 5) is 14.3. The molecule has 1 aromatic rings. The van der Waals surface area contributed by atoms with E-state index in [0.29, 0.717) is 39.0 Å². The molecular formula is C17H26N2O4S. The van der Waals surface area contributed by atoms with Gasteiger partial charge in [-0.25, -0.2) is 12.7 Å². The minimum absolute atomic E-state index is 0.0373. The highest BCUT2D eigenvalue weighted by Gasteiger charge is 2.25. The summed E-state index contributed by atoms with van der Waals surface area (Å²) in [6.07, 6.45) is 0.998. The van der Waals surface area contributed by atoms with Gasteiger partial charge in [-0.1, -0.05) is 12.1 Å². The molecule has 1 aliphatic rings. The highest BCUT2D eigenvalue weighted by Crippen LogP contribution is 2.19. The van der Waals surface area contributed by atoms with E-state index in [2.05, 4.69) is 0 Å². The largest absolute Gasteiger partial charge is 0.496 e. The predicted octanol–water partition coefficient (Wildman–Crippen LogP) is 1.43. The second-order valence-corrected chi connectivity index (χ2v) is 8.27. The van der Waals surface area contributed by atoms with E-state index >= 15 is 0 Å². The van der Waals surface area contributed by atoms with Crippen LogP contribution in [0.2, 0.25) is 0 Å². The van der Waals surface area contributed by atoms with Crippen molar-refractivity contribution in [2.75, 3.05) is 39.0 Å². The number of nitrogens with zero attached hydrogens (tertiary/aromatic N) is 2. The number of carbonyl (C=O) groups excluding carboxylic acids is 1. The molecule has 0 saturated carbocycles. The monoisotopic (exact) mass is 354 g/mol.